The fourth-order valence-electron chi connectivity index (χ4n) is 2.19. The van der Waals surface area contributed by atoms with E-state index in [1.54, 1.807) is 32.4 Å². The minimum atomic E-state index is 0.0965. The number of phenolic OH excluding ortho intramolecular Hbond substituents is 1. The summed E-state index contributed by atoms with van der Waals surface area (Å²) in [4.78, 5) is 0. The highest BCUT2D eigenvalue weighted by Gasteiger charge is 2.05. The normalized spacial score (nSPS) is 9.32. The molecule has 1 N–H and O–H groups in total. The van der Waals surface area contributed by atoms with Crippen molar-refractivity contribution in [3.05, 3.63) is 47.5 Å². The number of aromatic hydroxyl groups is 1. The van der Waals surface area contributed by atoms with E-state index < -0.39 is 0 Å². The summed E-state index contributed by atoms with van der Waals surface area (Å²) in [7, 11) is 4.68. The van der Waals surface area contributed by atoms with Gasteiger partial charge in [-0.2, -0.15) is 10.5 Å². The first-order valence-electron chi connectivity index (χ1n) is 8.48. The van der Waals surface area contributed by atoms with Gasteiger partial charge in [-0.1, -0.05) is 12.1 Å². The molecule has 0 bridgehead atoms. The number of rotatable bonds is 8. The van der Waals surface area contributed by atoms with E-state index in [4.69, 9.17) is 29.5 Å². The van der Waals surface area contributed by atoms with Crippen molar-refractivity contribution >= 4 is 0 Å². The Morgan fingerprint density at radius 3 is 1.89 bits per heavy atom. The van der Waals surface area contributed by atoms with Crippen LogP contribution in [0.1, 0.15) is 11.1 Å². The summed E-state index contributed by atoms with van der Waals surface area (Å²) < 4.78 is 20.4. The highest BCUT2D eigenvalue weighted by molar-refractivity contribution is 5.43. The van der Waals surface area contributed by atoms with Crippen molar-refractivity contribution in [2.45, 2.75) is 12.8 Å². The van der Waals surface area contributed by atoms with Gasteiger partial charge in [-0.05, 0) is 35.4 Å². The first kappa shape index (κ1) is 22.6. The Morgan fingerprint density at radius 1 is 0.786 bits per heavy atom. The predicted molar refractivity (Wildman–Crippen MR) is 104 cm³/mol. The number of phenols is 1. The van der Waals surface area contributed by atoms with Crippen LogP contribution in [0.15, 0.2) is 36.4 Å². The molecule has 0 atom stereocenters. The maximum Gasteiger partial charge on any atom is 0.161 e. The second-order valence-electron chi connectivity index (χ2n) is 5.50. The lowest BCUT2D eigenvalue weighted by Crippen LogP contribution is -2.05. The minimum Gasteiger partial charge on any atom is -0.504 e. The Labute approximate surface area is 165 Å². The van der Waals surface area contributed by atoms with E-state index in [0.29, 0.717) is 43.3 Å². The third kappa shape index (κ3) is 7.45. The SMILES string of the molecule is COCCOc1ccc(CC#N)cc1OC.COc1cc(CC#N)ccc1O. The van der Waals surface area contributed by atoms with Gasteiger partial charge in [0.15, 0.2) is 23.0 Å². The topological polar surface area (TPSA) is 105 Å². The maximum absolute atomic E-state index is 9.20. The molecule has 28 heavy (non-hydrogen) atoms. The van der Waals surface area contributed by atoms with Crippen LogP contribution in [-0.4, -0.2) is 39.6 Å². The van der Waals surface area contributed by atoms with E-state index in [9.17, 15) is 5.11 Å². The molecule has 148 valence electrons. The fourth-order valence-corrected chi connectivity index (χ4v) is 2.19. The van der Waals surface area contributed by atoms with Crippen LogP contribution in [0.3, 0.4) is 0 Å². The second kappa shape index (κ2) is 12.9. The van der Waals surface area contributed by atoms with Crippen molar-refractivity contribution in [2.24, 2.45) is 0 Å². The molecular weight excluding hydrogens is 360 g/mol. The van der Waals surface area contributed by atoms with Crippen molar-refractivity contribution in [3.8, 4) is 35.1 Å². The van der Waals surface area contributed by atoms with E-state index in [1.165, 1.54) is 13.2 Å². The first-order valence-corrected chi connectivity index (χ1v) is 8.48. The molecule has 0 aliphatic carbocycles. The highest BCUT2D eigenvalue weighted by atomic mass is 16.5. The number of benzene rings is 2. The lowest BCUT2D eigenvalue weighted by molar-refractivity contribution is 0.144. The number of hydrogen-bond donors (Lipinski definition) is 1. The molecular formula is C21H24N2O5. The smallest absolute Gasteiger partial charge is 0.161 e. The molecule has 7 nitrogen and oxygen atoms in total. The van der Waals surface area contributed by atoms with Crippen LogP contribution in [0.5, 0.6) is 23.0 Å². The van der Waals surface area contributed by atoms with Gasteiger partial charge in [-0.15, -0.1) is 0 Å². The van der Waals surface area contributed by atoms with Gasteiger partial charge in [0.25, 0.3) is 0 Å². The maximum atomic E-state index is 9.20. The van der Waals surface area contributed by atoms with Crippen LogP contribution in [0.2, 0.25) is 0 Å². The number of hydrogen-bond acceptors (Lipinski definition) is 7. The fraction of sp³-hybridized carbons (Fsp3) is 0.333. The predicted octanol–water partition coefficient (Wildman–Crippen LogP) is 3.25. The number of ether oxygens (including phenoxy) is 4. The number of nitriles is 2. The Morgan fingerprint density at radius 2 is 1.36 bits per heavy atom. The molecule has 2 rings (SSSR count). The lowest BCUT2D eigenvalue weighted by Gasteiger charge is -2.11. The van der Waals surface area contributed by atoms with Gasteiger partial charge in [-0.25, -0.2) is 0 Å². The molecule has 0 saturated heterocycles. The number of methoxy groups -OCH3 is 3. The molecule has 0 amide bonds. The van der Waals surface area contributed by atoms with Gasteiger partial charge in [0.05, 0.1) is 45.8 Å². The van der Waals surface area contributed by atoms with Crippen molar-refractivity contribution < 1.29 is 24.1 Å². The average Bonchev–Trinajstić information content (AvgIpc) is 2.71. The molecule has 2 aromatic rings. The lowest BCUT2D eigenvalue weighted by atomic mass is 10.1. The van der Waals surface area contributed by atoms with E-state index in [0.717, 1.165) is 11.1 Å². The van der Waals surface area contributed by atoms with E-state index >= 15 is 0 Å². The van der Waals surface area contributed by atoms with Crippen LogP contribution in [0, 0.1) is 22.7 Å². The summed E-state index contributed by atoms with van der Waals surface area (Å²) in [6.45, 7) is 1.01. The zero-order valence-electron chi connectivity index (χ0n) is 16.3. The van der Waals surface area contributed by atoms with Crippen LogP contribution in [-0.2, 0) is 17.6 Å². The molecule has 0 radical (unpaired) electrons. The van der Waals surface area contributed by atoms with E-state index in [1.807, 2.05) is 18.2 Å². The highest BCUT2D eigenvalue weighted by Crippen LogP contribution is 2.28. The van der Waals surface area contributed by atoms with Gasteiger partial charge in [0.2, 0.25) is 0 Å². The summed E-state index contributed by atoms with van der Waals surface area (Å²) in [6.07, 6.45) is 0.700. The van der Waals surface area contributed by atoms with Crippen LogP contribution in [0.25, 0.3) is 0 Å². The molecule has 0 saturated carbocycles. The summed E-state index contributed by atoms with van der Waals surface area (Å²) in [5, 5.41) is 26.2. The second-order valence-corrected chi connectivity index (χ2v) is 5.50. The van der Waals surface area contributed by atoms with Crippen molar-refractivity contribution in [2.75, 3.05) is 34.5 Å². The van der Waals surface area contributed by atoms with Gasteiger partial charge in [0, 0.05) is 7.11 Å². The molecule has 0 aromatic heterocycles. The van der Waals surface area contributed by atoms with E-state index in [2.05, 4.69) is 6.07 Å². The molecule has 0 aliphatic rings. The van der Waals surface area contributed by atoms with Gasteiger partial charge in [0.1, 0.15) is 6.61 Å². The first-order chi connectivity index (χ1) is 13.6. The quantitative estimate of drug-likeness (QED) is 0.697. The molecule has 7 heteroatoms. The van der Waals surface area contributed by atoms with Gasteiger partial charge >= 0.3 is 0 Å². The Kier molecular flexibility index (Phi) is 10.4. The van der Waals surface area contributed by atoms with Crippen molar-refractivity contribution in [1.82, 2.24) is 0 Å². The zero-order chi connectivity index (χ0) is 20.8. The molecule has 0 spiro atoms. The Hall–Kier alpha value is -3.42. The van der Waals surface area contributed by atoms with Crippen LogP contribution >= 0.6 is 0 Å². The summed E-state index contributed by atoms with van der Waals surface area (Å²) in [6, 6.07) is 14.4. The van der Waals surface area contributed by atoms with Crippen molar-refractivity contribution in [1.29, 1.82) is 10.5 Å². The summed E-state index contributed by atoms with van der Waals surface area (Å²) in [5.41, 5.74) is 1.76. The average molecular weight is 384 g/mol. The number of nitrogens with zero attached hydrogens (tertiary/aromatic N) is 2. The zero-order valence-corrected chi connectivity index (χ0v) is 16.3. The largest absolute Gasteiger partial charge is 0.504 e. The molecule has 0 unspecified atom stereocenters. The molecule has 0 fully saturated rings. The molecule has 0 heterocycles. The van der Waals surface area contributed by atoms with Crippen molar-refractivity contribution in [3.63, 3.8) is 0 Å². The third-order valence-corrected chi connectivity index (χ3v) is 3.58. The Balaban J connectivity index is 0.000000292. The van der Waals surface area contributed by atoms with Gasteiger partial charge in [-0.3, -0.25) is 0 Å². The summed E-state index contributed by atoms with van der Waals surface area (Å²) in [5.74, 6) is 1.81. The standard InChI is InChI=1S/C12H15NO3.C9H9NO2/c1-14-7-8-16-11-4-3-10(5-6-13)9-12(11)15-2;1-12-9-6-7(4-5-10)2-3-8(9)11/h3-4,9H,5,7-8H2,1-2H3;2-3,6,11H,4H2,1H3. The van der Waals surface area contributed by atoms with E-state index in [-0.39, 0.29) is 5.75 Å². The van der Waals surface area contributed by atoms with Gasteiger partial charge < -0.3 is 24.1 Å². The van der Waals surface area contributed by atoms with Crippen LogP contribution < -0.4 is 14.2 Å². The third-order valence-electron chi connectivity index (χ3n) is 3.58. The minimum absolute atomic E-state index is 0.0965. The van der Waals surface area contributed by atoms with Crippen LogP contribution in [0.4, 0.5) is 0 Å². The Bertz CT molecular complexity index is 825. The summed E-state index contributed by atoms with van der Waals surface area (Å²) >= 11 is 0. The monoisotopic (exact) mass is 384 g/mol. The molecule has 2 aromatic carbocycles. The molecule has 0 aliphatic heterocycles.